The summed E-state index contributed by atoms with van der Waals surface area (Å²) in [6, 6.07) is 12.3. The second-order valence-electron chi connectivity index (χ2n) is 3.99. The number of amides is 1. The summed E-state index contributed by atoms with van der Waals surface area (Å²) in [5.74, 6) is -0.638. The van der Waals surface area contributed by atoms with Crippen molar-refractivity contribution in [2.45, 2.75) is 4.90 Å². The molecule has 0 aliphatic rings. The van der Waals surface area contributed by atoms with Crippen LogP contribution >= 0.6 is 27.5 Å². The third kappa shape index (κ3) is 4.04. The molecule has 21 heavy (non-hydrogen) atoms. The molecule has 0 radical (unpaired) electrons. The fourth-order valence-electron chi connectivity index (χ4n) is 1.50. The van der Waals surface area contributed by atoms with Crippen LogP contribution in [0, 0.1) is 0 Å². The van der Waals surface area contributed by atoms with Gasteiger partial charge in [-0.1, -0.05) is 39.7 Å². The number of rotatable bonds is 4. The average Bonchev–Trinajstić information content (AvgIpc) is 2.46. The first-order valence-electron chi connectivity index (χ1n) is 5.72. The molecule has 0 spiro atoms. The average molecular weight is 390 g/mol. The lowest BCUT2D eigenvalue weighted by atomic mass is 10.2. The largest absolute Gasteiger partial charge is 0.273 e. The van der Waals surface area contributed by atoms with E-state index in [2.05, 4.69) is 21.4 Å². The van der Waals surface area contributed by atoms with Crippen LogP contribution in [0.5, 0.6) is 0 Å². The minimum atomic E-state index is -3.84. The Balaban J connectivity index is 2.10. The lowest BCUT2D eigenvalue weighted by Crippen LogP contribution is -2.41. The zero-order valence-electron chi connectivity index (χ0n) is 10.5. The molecule has 2 N–H and O–H groups in total. The maximum Gasteiger partial charge on any atom is 0.267 e. The highest BCUT2D eigenvalue weighted by molar-refractivity contribution is 9.10. The van der Waals surface area contributed by atoms with Crippen molar-refractivity contribution in [3.05, 3.63) is 63.6 Å². The van der Waals surface area contributed by atoms with E-state index in [0.29, 0.717) is 0 Å². The van der Waals surface area contributed by atoms with Crippen molar-refractivity contribution < 1.29 is 13.2 Å². The molecule has 0 aromatic heterocycles. The van der Waals surface area contributed by atoms with Gasteiger partial charge in [0.2, 0.25) is 0 Å². The van der Waals surface area contributed by atoms with Gasteiger partial charge in [-0.15, -0.1) is 4.83 Å². The van der Waals surface area contributed by atoms with E-state index >= 15 is 0 Å². The number of hydrogen-bond donors (Lipinski definition) is 2. The van der Waals surface area contributed by atoms with Gasteiger partial charge in [0.25, 0.3) is 15.9 Å². The lowest BCUT2D eigenvalue weighted by molar-refractivity contribution is 0.0945. The Hall–Kier alpha value is -1.41. The van der Waals surface area contributed by atoms with Gasteiger partial charge in [0, 0.05) is 4.47 Å². The molecule has 2 rings (SSSR count). The highest BCUT2D eigenvalue weighted by Gasteiger charge is 2.16. The van der Waals surface area contributed by atoms with Crippen LogP contribution in [0.2, 0.25) is 5.02 Å². The molecule has 0 saturated heterocycles. The SMILES string of the molecule is O=C(NNS(=O)(=O)c1ccc(Br)cc1)c1ccccc1Cl. The molecular weight excluding hydrogens is 380 g/mol. The number of carbonyl (C=O) groups is 1. The van der Waals surface area contributed by atoms with Crippen LogP contribution in [0.15, 0.2) is 57.9 Å². The van der Waals surface area contributed by atoms with Crippen molar-refractivity contribution in [1.82, 2.24) is 10.3 Å². The van der Waals surface area contributed by atoms with Gasteiger partial charge in [-0.3, -0.25) is 10.2 Å². The maximum atomic E-state index is 12.0. The number of nitrogens with one attached hydrogen (secondary N) is 2. The first-order chi connectivity index (χ1) is 9.90. The Morgan fingerprint density at radius 2 is 1.67 bits per heavy atom. The molecule has 0 bridgehead atoms. The van der Waals surface area contributed by atoms with E-state index in [1.807, 2.05) is 4.83 Å². The summed E-state index contributed by atoms with van der Waals surface area (Å²) in [5.41, 5.74) is 2.30. The standard InChI is InChI=1S/C13H10BrClN2O3S/c14-9-5-7-10(8-6-9)21(19,20)17-16-13(18)11-3-1-2-4-12(11)15/h1-8,17H,(H,16,18). The zero-order chi connectivity index (χ0) is 15.5. The molecule has 8 heteroatoms. The van der Waals surface area contributed by atoms with Crippen molar-refractivity contribution in [1.29, 1.82) is 0 Å². The normalized spacial score (nSPS) is 11.1. The fraction of sp³-hybridized carbons (Fsp3) is 0. The molecule has 0 atom stereocenters. The molecule has 0 heterocycles. The van der Waals surface area contributed by atoms with Crippen molar-refractivity contribution in [2.24, 2.45) is 0 Å². The van der Waals surface area contributed by atoms with E-state index in [4.69, 9.17) is 11.6 Å². The van der Waals surface area contributed by atoms with E-state index in [1.54, 1.807) is 30.3 Å². The molecule has 2 aromatic carbocycles. The monoisotopic (exact) mass is 388 g/mol. The highest BCUT2D eigenvalue weighted by atomic mass is 79.9. The topological polar surface area (TPSA) is 75.3 Å². The van der Waals surface area contributed by atoms with E-state index in [1.165, 1.54) is 18.2 Å². The molecule has 5 nitrogen and oxygen atoms in total. The predicted octanol–water partition coefficient (Wildman–Crippen LogP) is 2.73. The fourth-order valence-corrected chi connectivity index (χ4v) is 2.82. The molecule has 0 unspecified atom stereocenters. The van der Waals surface area contributed by atoms with Gasteiger partial charge in [-0.2, -0.15) is 0 Å². The molecule has 0 aliphatic carbocycles. The summed E-state index contributed by atoms with van der Waals surface area (Å²) in [4.78, 5) is 13.9. The van der Waals surface area contributed by atoms with Crippen LogP contribution in [0.3, 0.4) is 0 Å². The minimum Gasteiger partial charge on any atom is -0.273 e. The van der Waals surface area contributed by atoms with Gasteiger partial charge in [-0.25, -0.2) is 8.42 Å². The highest BCUT2D eigenvalue weighted by Crippen LogP contribution is 2.15. The van der Waals surface area contributed by atoms with Crippen LogP contribution in [-0.2, 0) is 10.0 Å². The lowest BCUT2D eigenvalue weighted by Gasteiger charge is -2.09. The predicted molar refractivity (Wildman–Crippen MR) is 83.4 cm³/mol. The number of sulfonamides is 1. The second-order valence-corrected chi connectivity index (χ2v) is 7.00. The van der Waals surface area contributed by atoms with Crippen molar-refractivity contribution in [2.75, 3.05) is 0 Å². The number of hydrazine groups is 1. The third-order valence-electron chi connectivity index (χ3n) is 2.54. The third-order valence-corrected chi connectivity index (χ3v) is 4.66. The minimum absolute atomic E-state index is 0.0326. The van der Waals surface area contributed by atoms with Gasteiger partial charge in [-0.05, 0) is 36.4 Å². The zero-order valence-corrected chi connectivity index (χ0v) is 13.7. The number of benzene rings is 2. The summed E-state index contributed by atoms with van der Waals surface area (Å²) in [6.07, 6.45) is 0. The van der Waals surface area contributed by atoms with Crippen molar-refractivity contribution in [3.63, 3.8) is 0 Å². The van der Waals surface area contributed by atoms with Gasteiger partial charge in [0.15, 0.2) is 0 Å². The van der Waals surface area contributed by atoms with Crippen LogP contribution in [0.1, 0.15) is 10.4 Å². The quantitative estimate of drug-likeness (QED) is 0.790. The van der Waals surface area contributed by atoms with E-state index in [-0.39, 0.29) is 15.5 Å². The Morgan fingerprint density at radius 3 is 2.29 bits per heavy atom. The van der Waals surface area contributed by atoms with Crippen LogP contribution in [-0.4, -0.2) is 14.3 Å². The molecule has 0 saturated carbocycles. The number of hydrogen-bond acceptors (Lipinski definition) is 3. The number of carbonyl (C=O) groups excluding carboxylic acids is 1. The molecular formula is C13H10BrClN2O3S. The Kier molecular flexibility index (Phi) is 5.00. The second kappa shape index (κ2) is 6.57. The number of halogens is 2. The van der Waals surface area contributed by atoms with Crippen LogP contribution in [0.25, 0.3) is 0 Å². The van der Waals surface area contributed by atoms with Gasteiger partial charge >= 0.3 is 0 Å². The smallest absolute Gasteiger partial charge is 0.267 e. The molecule has 0 aliphatic heterocycles. The van der Waals surface area contributed by atoms with Gasteiger partial charge < -0.3 is 0 Å². The molecule has 1 amide bonds. The maximum absolute atomic E-state index is 12.0. The van der Waals surface area contributed by atoms with Crippen LogP contribution < -0.4 is 10.3 Å². The summed E-state index contributed by atoms with van der Waals surface area (Å²) in [5, 5.41) is 0.234. The summed E-state index contributed by atoms with van der Waals surface area (Å²) in [6.45, 7) is 0. The summed E-state index contributed by atoms with van der Waals surface area (Å²) < 4.78 is 24.7. The Bertz CT molecular complexity index is 763. The summed E-state index contributed by atoms with van der Waals surface area (Å²) >= 11 is 9.07. The van der Waals surface area contributed by atoms with Gasteiger partial charge in [0.05, 0.1) is 15.5 Å². The van der Waals surface area contributed by atoms with Crippen molar-refractivity contribution in [3.8, 4) is 0 Å². The van der Waals surface area contributed by atoms with Gasteiger partial charge in [0.1, 0.15) is 0 Å². The first kappa shape index (κ1) is 16.0. The first-order valence-corrected chi connectivity index (χ1v) is 8.38. The molecule has 110 valence electrons. The molecule has 0 fully saturated rings. The molecule has 2 aromatic rings. The van der Waals surface area contributed by atoms with E-state index < -0.39 is 15.9 Å². The van der Waals surface area contributed by atoms with E-state index in [9.17, 15) is 13.2 Å². The Labute approximate surface area is 135 Å². The van der Waals surface area contributed by atoms with E-state index in [0.717, 1.165) is 4.47 Å². The summed E-state index contributed by atoms with van der Waals surface area (Å²) in [7, 11) is -3.84. The van der Waals surface area contributed by atoms with Crippen LogP contribution in [0.4, 0.5) is 0 Å². The van der Waals surface area contributed by atoms with Crippen molar-refractivity contribution >= 4 is 43.5 Å². The Morgan fingerprint density at radius 1 is 1.05 bits per heavy atom.